The van der Waals surface area contributed by atoms with Crippen LogP contribution in [0.3, 0.4) is 0 Å². The minimum absolute atomic E-state index is 0.288. The fraction of sp³-hybridized carbons (Fsp3) is 0.176. The fourth-order valence-corrected chi connectivity index (χ4v) is 2.65. The Balaban J connectivity index is 1.90. The van der Waals surface area contributed by atoms with E-state index in [1.807, 2.05) is 48.7 Å². The highest BCUT2D eigenvalue weighted by Crippen LogP contribution is 2.25. The van der Waals surface area contributed by atoms with E-state index in [1.165, 1.54) is 11.3 Å². The first-order valence-electron chi connectivity index (χ1n) is 7.06. The van der Waals surface area contributed by atoms with Gasteiger partial charge in [-0.25, -0.2) is 9.79 Å². The van der Waals surface area contributed by atoms with Crippen molar-refractivity contribution in [2.24, 2.45) is 4.99 Å². The summed E-state index contributed by atoms with van der Waals surface area (Å²) in [5.74, 6) is 0.663. The van der Waals surface area contributed by atoms with E-state index in [1.54, 1.807) is 6.08 Å². The monoisotopic (exact) mass is 313 g/mol. The number of thiophene rings is 1. The second-order valence-corrected chi connectivity index (χ2v) is 5.65. The number of carbonyl (C=O) groups excluding carboxylic acids is 1. The lowest BCUT2D eigenvalue weighted by molar-refractivity contribution is -0.129. The van der Waals surface area contributed by atoms with Crippen LogP contribution in [0, 0.1) is 0 Å². The Bertz CT molecular complexity index is 732. The van der Waals surface area contributed by atoms with Crippen LogP contribution in [-0.4, -0.2) is 18.5 Å². The van der Waals surface area contributed by atoms with Gasteiger partial charge in [0, 0.05) is 5.56 Å². The number of ether oxygens (including phenoxy) is 2. The first-order chi connectivity index (χ1) is 10.8. The summed E-state index contributed by atoms with van der Waals surface area (Å²) in [6.07, 6.45) is 2.63. The smallest absolute Gasteiger partial charge is 0.363 e. The van der Waals surface area contributed by atoms with Gasteiger partial charge in [0.05, 0.1) is 11.5 Å². The third kappa shape index (κ3) is 3.09. The molecule has 0 radical (unpaired) electrons. The van der Waals surface area contributed by atoms with Crippen molar-refractivity contribution >= 4 is 29.3 Å². The molecule has 3 rings (SSSR count). The van der Waals surface area contributed by atoms with Crippen molar-refractivity contribution in [1.29, 1.82) is 0 Å². The van der Waals surface area contributed by atoms with Crippen LogP contribution < -0.4 is 4.74 Å². The molecule has 4 nitrogen and oxygen atoms in total. The molecule has 0 spiro atoms. The zero-order valence-electron chi connectivity index (χ0n) is 12.1. The summed E-state index contributed by atoms with van der Waals surface area (Å²) in [5.41, 5.74) is 1.11. The predicted octanol–water partition coefficient (Wildman–Crippen LogP) is 3.88. The van der Waals surface area contributed by atoms with Gasteiger partial charge in [-0.2, -0.15) is 0 Å². The maximum absolute atomic E-state index is 12.0. The molecule has 0 saturated carbocycles. The Morgan fingerprint density at radius 2 is 2.14 bits per heavy atom. The fourth-order valence-electron chi connectivity index (χ4n) is 2.01. The third-order valence-electron chi connectivity index (χ3n) is 3.03. The van der Waals surface area contributed by atoms with Gasteiger partial charge in [0.15, 0.2) is 5.70 Å². The van der Waals surface area contributed by atoms with Crippen molar-refractivity contribution in [2.45, 2.75) is 13.3 Å². The summed E-state index contributed by atoms with van der Waals surface area (Å²) in [4.78, 5) is 17.1. The van der Waals surface area contributed by atoms with Crippen LogP contribution in [-0.2, 0) is 9.53 Å². The first-order valence-corrected chi connectivity index (χ1v) is 7.94. The molecule has 2 aromatic rings. The molecular formula is C17H15NO3S. The minimum Gasteiger partial charge on any atom is -0.493 e. The van der Waals surface area contributed by atoms with Gasteiger partial charge in [0.25, 0.3) is 0 Å². The van der Waals surface area contributed by atoms with E-state index in [9.17, 15) is 4.79 Å². The van der Waals surface area contributed by atoms with E-state index in [-0.39, 0.29) is 5.70 Å². The van der Waals surface area contributed by atoms with E-state index in [0.29, 0.717) is 12.5 Å². The molecule has 0 saturated heterocycles. The van der Waals surface area contributed by atoms with E-state index in [4.69, 9.17) is 9.47 Å². The molecule has 0 N–H and O–H groups in total. The van der Waals surface area contributed by atoms with Gasteiger partial charge in [0.2, 0.25) is 5.90 Å². The van der Waals surface area contributed by atoms with E-state index in [0.717, 1.165) is 22.6 Å². The summed E-state index contributed by atoms with van der Waals surface area (Å²) < 4.78 is 10.9. The molecule has 0 amide bonds. The van der Waals surface area contributed by atoms with Crippen LogP contribution in [0.1, 0.15) is 23.8 Å². The van der Waals surface area contributed by atoms with Crippen molar-refractivity contribution in [3.05, 3.63) is 57.9 Å². The number of nitrogens with zero attached hydrogens (tertiary/aromatic N) is 1. The number of aliphatic imine (C=N–C) groups is 1. The Hall–Kier alpha value is -2.40. The van der Waals surface area contributed by atoms with Crippen molar-refractivity contribution < 1.29 is 14.3 Å². The van der Waals surface area contributed by atoms with Crippen molar-refractivity contribution in [2.75, 3.05) is 6.61 Å². The second kappa shape index (κ2) is 6.58. The van der Waals surface area contributed by atoms with Gasteiger partial charge in [-0.3, -0.25) is 0 Å². The topological polar surface area (TPSA) is 47.9 Å². The third-order valence-corrected chi connectivity index (χ3v) is 3.88. The predicted molar refractivity (Wildman–Crippen MR) is 87.2 cm³/mol. The van der Waals surface area contributed by atoms with E-state index >= 15 is 0 Å². The van der Waals surface area contributed by atoms with E-state index in [2.05, 4.69) is 4.99 Å². The average molecular weight is 313 g/mol. The Labute approximate surface area is 132 Å². The number of hydrogen-bond acceptors (Lipinski definition) is 5. The van der Waals surface area contributed by atoms with Crippen LogP contribution in [0.25, 0.3) is 6.08 Å². The SMILES string of the molecule is CCCOc1ccccc1/C=C1/N=C(c2cccs2)OC1=O. The van der Waals surface area contributed by atoms with Crippen LogP contribution in [0.15, 0.2) is 52.5 Å². The summed E-state index contributed by atoms with van der Waals surface area (Å²) in [7, 11) is 0. The summed E-state index contributed by atoms with van der Waals surface area (Å²) in [6, 6.07) is 11.3. The normalized spacial score (nSPS) is 15.8. The molecule has 0 atom stereocenters. The highest BCUT2D eigenvalue weighted by Gasteiger charge is 2.25. The van der Waals surface area contributed by atoms with Crippen molar-refractivity contribution in [3.63, 3.8) is 0 Å². The Kier molecular flexibility index (Phi) is 4.34. The Morgan fingerprint density at radius 3 is 2.91 bits per heavy atom. The molecule has 1 aliphatic rings. The van der Waals surface area contributed by atoms with Gasteiger partial charge in [-0.1, -0.05) is 31.2 Å². The molecule has 1 aromatic carbocycles. The maximum Gasteiger partial charge on any atom is 0.363 e. The zero-order valence-corrected chi connectivity index (χ0v) is 12.9. The van der Waals surface area contributed by atoms with Crippen LogP contribution >= 0.6 is 11.3 Å². The lowest BCUT2D eigenvalue weighted by Gasteiger charge is -2.07. The largest absolute Gasteiger partial charge is 0.493 e. The number of rotatable bonds is 5. The van der Waals surface area contributed by atoms with Gasteiger partial charge in [-0.15, -0.1) is 11.3 Å². The Morgan fingerprint density at radius 1 is 1.27 bits per heavy atom. The van der Waals surface area contributed by atoms with Gasteiger partial charge in [-0.05, 0) is 30.0 Å². The van der Waals surface area contributed by atoms with Crippen molar-refractivity contribution in [1.82, 2.24) is 0 Å². The summed E-state index contributed by atoms with van der Waals surface area (Å²) >= 11 is 1.48. The molecule has 0 unspecified atom stereocenters. The molecule has 2 heterocycles. The number of hydrogen-bond donors (Lipinski definition) is 0. The number of para-hydroxylation sites is 1. The standard InChI is InChI=1S/C17H15NO3S/c1-2-9-20-14-7-4-3-6-12(14)11-13-17(19)21-16(18-13)15-8-5-10-22-15/h3-8,10-11H,2,9H2,1H3/b13-11+. The number of esters is 1. The molecule has 22 heavy (non-hydrogen) atoms. The molecule has 0 fully saturated rings. The number of benzene rings is 1. The van der Waals surface area contributed by atoms with Crippen LogP contribution in [0.2, 0.25) is 0 Å². The molecule has 5 heteroatoms. The van der Waals surface area contributed by atoms with Crippen molar-refractivity contribution in [3.8, 4) is 5.75 Å². The zero-order chi connectivity index (χ0) is 15.4. The second-order valence-electron chi connectivity index (χ2n) is 4.70. The quantitative estimate of drug-likeness (QED) is 0.621. The molecule has 1 aliphatic heterocycles. The number of carbonyl (C=O) groups is 1. The highest BCUT2D eigenvalue weighted by molar-refractivity contribution is 7.12. The lowest BCUT2D eigenvalue weighted by Crippen LogP contribution is -2.03. The molecule has 1 aromatic heterocycles. The number of cyclic esters (lactones) is 1. The highest BCUT2D eigenvalue weighted by atomic mass is 32.1. The van der Waals surface area contributed by atoms with Gasteiger partial charge in [0.1, 0.15) is 5.75 Å². The van der Waals surface area contributed by atoms with Crippen LogP contribution in [0.4, 0.5) is 0 Å². The van der Waals surface area contributed by atoms with Gasteiger partial charge < -0.3 is 9.47 Å². The lowest BCUT2D eigenvalue weighted by atomic mass is 10.1. The molecular weight excluding hydrogens is 298 g/mol. The first kappa shape index (κ1) is 14.5. The van der Waals surface area contributed by atoms with Crippen LogP contribution in [0.5, 0.6) is 5.75 Å². The van der Waals surface area contributed by atoms with Gasteiger partial charge >= 0.3 is 5.97 Å². The minimum atomic E-state index is -0.436. The summed E-state index contributed by atoms with van der Waals surface area (Å²) in [5, 5.41) is 1.92. The molecule has 0 bridgehead atoms. The molecule has 0 aliphatic carbocycles. The molecule has 112 valence electrons. The van der Waals surface area contributed by atoms with E-state index < -0.39 is 5.97 Å². The average Bonchev–Trinajstić information content (AvgIpc) is 3.17. The maximum atomic E-state index is 12.0. The summed E-state index contributed by atoms with van der Waals surface area (Å²) in [6.45, 7) is 2.68.